The van der Waals surface area contributed by atoms with Gasteiger partial charge in [-0.3, -0.25) is 0 Å². The predicted octanol–water partition coefficient (Wildman–Crippen LogP) is 7.95. The van der Waals surface area contributed by atoms with Gasteiger partial charge in [0.1, 0.15) is 0 Å². The fourth-order valence-electron chi connectivity index (χ4n) is 5.64. The molecule has 3 aromatic carbocycles. The molecule has 8 nitrogen and oxygen atoms in total. The smallest absolute Gasteiger partial charge is 0.416 e. The maximum atomic E-state index is 14.2. The molecule has 1 atom stereocenters. The van der Waals surface area contributed by atoms with Crippen LogP contribution in [0.2, 0.25) is 0 Å². The van der Waals surface area contributed by atoms with Crippen LogP contribution in [0.1, 0.15) is 62.6 Å². The maximum absolute atomic E-state index is 14.2. The number of halogens is 9. The molecule has 1 aromatic heterocycles. The number of aryl methyl sites for hydroxylation is 2. The molecule has 0 spiro atoms. The standard InChI is InChI=1S/C30H25F9N6O2/c1-16-10-22-24(4-3-9-44(25(22)14-23(16)30(37,38)39)21-7-5-18(6-8-21)26(46)47)45(27-40-42-43(2)41-27)15-17-11-19(28(31,32)33)13-20(12-17)29(34,35)36/h5-8,10-14,24H,3-4,9,15H2,1-2H3,(H,46,47). The summed E-state index contributed by atoms with van der Waals surface area (Å²) in [5, 5.41) is 21.2. The van der Waals surface area contributed by atoms with Crippen molar-refractivity contribution in [2.45, 2.75) is 50.9 Å². The van der Waals surface area contributed by atoms with Crippen LogP contribution in [0, 0.1) is 6.92 Å². The number of carboxylic acid groups (broad SMARTS) is 1. The summed E-state index contributed by atoms with van der Waals surface area (Å²) in [5.74, 6) is -1.38. The highest BCUT2D eigenvalue weighted by Crippen LogP contribution is 2.46. The average molecular weight is 673 g/mol. The van der Waals surface area contributed by atoms with Crippen LogP contribution in [0.25, 0.3) is 0 Å². The van der Waals surface area contributed by atoms with Crippen molar-refractivity contribution in [1.29, 1.82) is 0 Å². The molecule has 1 N–H and O–H groups in total. The van der Waals surface area contributed by atoms with Crippen molar-refractivity contribution < 1.29 is 49.4 Å². The summed E-state index contributed by atoms with van der Waals surface area (Å²) < 4.78 is 125. The molecule has 0 radical (unpaired) electrons. The van der Waals surface area contributed by atoms with E-state index >= 15 is 0 Å². The minimum absolute atomic E-state index is 0.00486. The Labute approximate surface area is 261 Å². The Morgan fingerprint density at radius 3 is 2.04 bits per heavy atom. The van der Waals surface area contributed by atoms with Crippen molar-refractivity contribution in [1.82, 2.24) is 20.2 Å². The molecule has 0 fully saturated rings. The van der Waals surface area contributed by atoms with E-state index in [-0.39, 0.29) is 53.8 Å². The van der Waals surface area contributed by atoms with E-state index in [9.17, 15) is 49.4 Å². The van der Waals surface area contributed by atoms with Crippen molar-refractivity contribution in [2.24, 2.45) is 7.05 Å². The Morgan fingerprint density at radius 2 is 1.53 bits per heavy atom. The number of aromatic nitrogens is 4. The first-order chi connectivity index (χ1) is 21.8. The number of nitrogens with zero attached hydrogens (tertiary/aromatic N) is 6. The van der Waals surface area contributed by atoms with Crippen molar-refractivity contribution in [3.05, 3.63) is 93.5 Å². The minimum Gasteiger partial charge on any atom is -0.478 e. The number of alkyl halides is 9. The quantitative estimate of drug-likeness (QED) is 0.208. The number of hydrogen-bond donors (Lipinski definition) is 1. The Hall–Kier alpha value is -4.83. The molecule has 0 bridgehead atoms. The summed E-state index contributed by atoms with van der Waals surface area (Å²) in [4.78, 5) is 15.3. The largest absolute Gasteiger partial charge is 0.478 e. The van der Waals surface area contributed by atoms with Crippen LogP contribution in [0.5, 0.6) is 0 Å². The van der Waals surface area contributed by atoms with Crippen LogP contribution in [0.15, 0.2) is 54.6 Å². The molecule has 47 heavy (non-hydrogen) atoms. The number of hydrogen-bond acceptors (Lipinski definition) is 6. The number of anilines is 3. The second-order valence-corrected chi connectivity index (χ2v) is 11.0. The summed E-state index contributed by atoms with van der Waals surface area (Å²) >= 11 is 0. The van der Waals surface area contributed by atoms with Gasteiger partial charge in [0, 0.05) is 24.5 Å². The number of tetrazole rings is 1. The van der Waals surface area contributed by atoms with E-state index in [4.69, 9.17) is 0 Å². The van der Waals surface area contributed by atoms with Gasteiger partial charge in [-0.2, -0.15) is 44.3 Å². The van der Waals surface area contributed by atoms with E-state index in [0.29, 0.717) is 17.8 Å². The average Bonchev–Trinajstić information content (AvgIpc) is 3.32. The maximum Gasteiger partial charge on any atom is 0.416 e. The van der Waals surface area contributed by atoms with Gasteiger partial charge in [-0.25, -0.2) is 4.79 Å². The van der Waals surface area contributed by atoms with Gasteiger partial charge in [0.05, 0.1) is 35.3 Å². The monoisotopic (exact) mass is 672 g/mol. The van der Waals surface area contributed by atoms with E-state index in [1.54, 1.807) is 4.90 Å². The molecule has 1 aliphatic heterocycles. The van der Waals surface area contributed by atoms with Gasteiger partial charge in [0.25, 0.3) is 5.95 Å². The molecule has 2 heterocycles. The third-order valence-electron chi connectivity index (χ3n) is 7.75. The van der Waals surface area contributed by atoms with Crippen LogP contribution in [-0.2, 0) is 32.1 Å². The summed E-state index contributed by atoms with van der Waals surface area (Å²) in [5.41, 5.74) is -3.94. The first kappa shape index (κ1) is 33.5. The molecular weight excluding hydrogens is 647 g/mol. The van der Waals surface area contributed by atoms with E-state index in [2.05, 4.69) is 15.4 Å². The van der Waals surface area contributed by atoms with E-state index in [1.165, 1.54) is 49.2 Å². The lowest BCUT2D eigenvalue weighted by Crippen LogP contribution is -2.30. The SMILES string of the molecule is Cc1cc2c(cc1C(F)(F)F)N(c1ccc(C(=O)O)cc1)CCCC2N(Cc1cc(C(F)(F)F)cc(C(F)(F)F)c1)c1nnn(C)n1. The Morgan fingerprint density at radius 1 is 0.915 bits per heavy atom. The Balaban J connectivity index is 1.70. The lowest BCUT2D eigenvalue weighted by molar-refractivity contribution is -0.143. The Kier molecular flexibility index (Phi) is 8.62. The zero-order chi connectivity index (χ0) is 34.5. The summed E-state index contributed by atoms with van der Waals surface area (Å²) in [6.07, 6.45) is -14.5. The van der Waals surface area contributed by atoms with Crippen LogP contribution < -0.4 is 9.80 Å². The molecule has 0 saturated carbocycles. The third kappa shape index (κ3) is 7.12. The highest BCUT2D eigenvalue weighted by Gasteiger charge is 2.39. The minimum atomic E-state index is -5.11. The van der Waals surface area contributed by atoms with Gasteiger partial charge in [0.15, 0.2) is 0 Å². The number of carboxylic acids is 1. The normalized spacial score (nSPS) is 15.7. The van der Waals surface area contributed by atoms with Gasteiger partial charge in [-0.1, -0.05) is 11.2 Å². The van der Waals surface area contributed by atoms with E-state index in [0.717, 1.165) is 10.9 Å². The lowest BCUT2D eigenvalue weighted by Gasteiger charge is -2.33. The fraction of sp³-hybridized carbons (Fsp3) is 0.333. The van der Waals surface area contributed by atoms with Gasteiger partial charge in [-0.15, -0.1) is 5.10 Å². The molecular formula is C30H25F9N6O2. The van der Waals surface area contributed by atoms with Crippen molar-refractivity contribution in [3.63, 3.8) is 0 Å². The van der Waals surface area contributed by atoms with Crippen molar-refractivity contribution in [3.8, 4) is 0 Å². The molecule has 17 heteroatoms. The predicted molar refractivity (Wildman–Crippen MR) is 150 cm³/mol. The topological polar surface area (TPSA) is 87.4 Å². The zero-order valence-corrected chi connectivity index (χ0v) is 24.5. The van der Waals surface area contributed by atoms with Gasteiger partial charge in [-0.05, 0) is 90.2 Å². The van der Waals surface area contributed by atoms with Crippen LogP contribution in [0.3, 0.4) is 0 Å². The number of rotatable bonds is 6. The van der Waals surface area contributed by atoms with Crippen LogP contribution in [-0.4, -0.2) is 37.8 Å². The number of fused-ring (bicyclic) bond motifs is 1. The fourth-order valence-corrected chi connectivity index (χ4v) is 5.64. The van der Waals surface area contributed by atoms with Crippen molar-refractivity contribution in [2.75, 3.05) is 16.3 Å². The summed E-state index contributed by atoms with van der Waals surface area (Å²) in [6, 6.07) is 7.88. The molecule has 5 rings (SSSR count). The van der Waals surface area contributed by atoms with Gasteiger partial charge >= 0.3 is 24.5 Å². The highest BCUT2D eigenvalue weighted by molar-refractivity contribution is 5.88. The molecule has 1 unspecified atom stereocenters. The molecule has 0 amide bonds. The first-order valence-corrected chi connectivity index (χ1v) is 13.9. The second-order valence-electron chi connectivity index (χ2n) is 11.0. The number of benzene rings is 3. The summed E-state index contributed by atoms with van der Waals surface area (Å²) in [6.45, 7) is 0.792. The van der Waals surface area contributed by atoms with Gasteiger partial charge in [0.2, 0.25) is 0 Å². The van der Waals surface area contributed by atoms with E-state index < -0.39 is 59.3 Å². The Bertz CT molecular complexity index is 1750. The molecule has 4 aromatic rings. The van der Waals surface area contributed by atoms with Crippen LogP contribution in [0.4, 0.5) is 56.8 Å². The molecule has 0 aliphatic carbocycles. The first-order valence-electron chi connectivity index (χ1n) is 13.9. The van der Waals surface area contributed by atoms with Crippen LogP contribution >= 0.6 is 0 Å². The highest BCUT2D eigenvalue weighted by atomic mass is 19.4. The number of carbonyl (C=O) groups is 1. The van der Waals surface area contributed by atoms with E-state index in [1.807, 2.05) is 0 Å². The molecule has 250 valence electrons. The molecule has 0 saturated heterocycles. The zero-order valence-electron chi connectivity index (χ0n) is 24.5. The second kappa shape index (κ2) is 12.1. The number of aromatic carboxylic acids is 1. The molecule has 1 aliphatic rings. The van der Waals surface area contributed by atoms with Crippen molar-refractivity contribution >= 4 is 23.3 Å². The third-order valence-corrected chi connectivity index (χ3v) is 7.75. The lowest BCUT2D eigenvalue weighted by atomic mass is 9.94. The summed E-state index contributed by atoms with van der Waals surface area (Å²) in [7, 11) is 1.39. The van der Waals surface area contributed by atoms with Gasteiger partial charge < -0.3 is 14.9 Å².